The summed E-state index contributed by atoms with van der Waals surface area (Å²) in [4.78, 5) is 11.7. The molecule has 3 heteroatoms. The monoisotopic (exact) mass is 257 g/mol. The van der Waals surface area contributed by atoms with Crippen LogP contribution >= 0.6 is 7.92 Å². The lowest BCUT2D eigenvalue weighted by Crippen LogP contribution is -2.26. The van der Waals surface area contributed by atoms with Crippen LogP contribution in [0.3, 0.4) is 0 Å². The van der Waals surface area contributed by atoms with Crippen LogP contribution in [0, 0.1) is 0 Å². The van der Waals surface area contributed by atoms with E-state index >= 15 is 0 Å². The lowest BCUT2D eigenvalue weighted by atomic mass is 10.4. The molecule has 0 saturated heterocycles. The maximum atomic E-state index is 11.7. The summed E-state index contributed by atoms with van der Waals surface area (Å²) in [5.41, 5.74) is 0. The fourth-order valence-electron chi connectivity index (χ4n) is 1.77. The summed E-state index contributed by atoms with van der Waals surface area (Å²) in [6.07, 6.45) is 0.542. The minimum absolute atomic E-state index is 0.0915. The van der Waals surface area contributed by atoms with Gasteiger partial charge in [0.05, 0.1) is 6.16 Å². The van der Waals surface area contributed by atoms with E-state index in [1.54, 1.807) is 7.05 Å². The third-order valence-electron chi connectivity index (χ3n) is 2.72. The number of benzene rings is 2. The van der Waals surface area contributed by atoms with Crippen LogP contribution in [-0.2, 0) is 4.79 Å². The summed E-state index contributed by atoms with van der Waals surface area (Å²) >= 11 is 0. The smallest absolute Gasteiger partial charge is 0.224 e. The summed E-state index contributed by atoms with van der Waals surface area (Å²) in [5.74, 6) is 0.0915. The molecule has 1 N–H and O–H groups in total. The Morgan fingerprint density at radius 2 is 1.39 bits per heavy atom. The van der Waals surface area contributed by atoms with E-state index in [1.807, 2.05) is 36.4 Å². The fraction of sp³-hybridized carbons (Fsp3) is 0.133. The number of carbonyl (C=O) groups excluding carboxylic acids is 1. The van der Waals surface area contributed by atoms with Gasteiger partial charge in [0.1, 0.15) is 0 Å². The molecule has 0 saturated carbocycles. The topological polar surface area (TPSA) is 29.1 Å². The SMILES string of the molecule is CNC(=O)CP(c1ccccc1)c1ccccc1. The van der Waals surface area contributed by atoms with Crippen molar-refractivity contribution in [2.24, 2.45) is 0 Å². The normalized spacial score (nSPS) is 10.3. The van der Waals surface area contributed by atoms with Crippen LogP contribution < -0.4 is 15.9 Å². The molecule has 0 radical (unpaired) electrons. The first-order valence-corrected chi connectivity index (χ1v) is 7.42. The number of nitrogens with one attached hydrogen (secondary N) is 1. The van der Waals surface area contributed by atoms with E-state index in [1.165, 1.54) is 10.6 Å². The molecule has 1 amide bonds. The van der Waals surface area contributed by atoms with Crippen LogP contribution in [0.25, 0.3) is 0 Å². The Kier molecular flexibility index (Phi) is 4.49. The fourth-order valence-corrected chi connectivity index (χ4v) is 3.94. The number of rotatable bonds is 4. The second kappa shape index (κ2) is 6.32. The molecular weight excluding hydrogens is 241 g/mol. The first-order chi connectivity index (χ1) is 8.81. The summed E-state index contributed by atoms with van der Waals surface area (Å²) in [6.45, 7) is 0. The summed E-state index contributed by atoms with van der Waals surface area (Å²) in [7, 11) is 1.08. The number of amides is 1. The highest BCUT2D eigenvalue weighted by Gasteiger charge is 2.16. The summed E-state index contributed by atoms with van der Waals surface area (Å²) in [5, 5.41) is 5.19. The van der Waals surface area contributed by atoms with Crippen molar-refractivity contribution in [3.63, 3.8) is 0 Å². The predicted octanol–water partition coefficient (Wildman–Crippen LogP) is 1.87. The van der Waals surface area contributed by atoms with Crippen molar-refractivity contribution in [1.29, 1.82) is 0 Å². The third-order valence-corrected chi connectivity index (χ3v) is 5.16. The minimum Gasteiger partial charge on any atom is -0.359 e. The number of hydrogen-bond acceptors (Lipinski definition) is 1. The second-order valence-electron chi connectivity index (χ2n) is 3.93. The van der Waals surface area contributed by atoms with Crippen molar-refractivity contribution >= 4 is 24.4 Å². The lowest BCUT2D eigenvalue weighted by molar-refractivity contribution is -0.118. The zero-order valence-corrected chi connectivity index (χ0v) is 11.2. The summed E-state index contributed by atoms with van der Waals surface area (Å²) in [6, 6.07) is 20.5. The highest BCUT2D eigenvalue weighted by molar-refractivity contribution is 7.73. The third kappa shape index (κ3) is 3.18. The van der Waals surface area contributed by atoms with E-state index in [2.05, 4.69) is 29.6 Å². The van der Waals surface area contributed by atoms with Crippen molar-refractivity contribution in [3.05, 3.63) is 60.7 Å². The van der Waals surface area contributed by atoms with Gasteiger partial charge in [0.2, 0.25) is 5.91 Å². The Morgan fingerprint density at radius 1 is 0.944 bits per heavy atom. The van der Waals surface area contributed by atoms with Crippen molar-refractivity contribution in [1.82, 2.24) is 5.32 Å². The quantitative estimate of drug-likeness (QED) is 0.832. The Morgan fingerprint density at radius 3 is 1.78 bits per heavy atom. The molecular formula is C15H16NOP. The van der Waals surface area contributed by atoms with Gasteiger partial charge in [-0.15, -0.1) is 0 Å². The average Bonchev–Trinajstić information content (AvgIpc) is 2.46. The number of hydrogen-bond donors (Lipinski definition) is 1. The van der Waals surface area contributed by atoms with Gasteiger partial charge in [-0.25, -0.2) is 0 Å². The highest BCUT2D eigenvalue weighted by Crippen LogP contribution is 2.32. The summed E-state index contributed by atoms with van der Waals surface area (Å²) < 4.78 is 0. The van der Waals surface area contributed by atoms with Crippen LogP contribution in [0.5, 0.6) is 0 Å². The molecule has 0 unspecified atom stereocenters. The Hall–Kier alpha value is -1.66. The Bertz CT molecular complexity index is 459. The van der Waals surface area contributed by atoms with E-state index in [9.17, 15) is 4.79 Å². The molecule has 0 bridgehead atoms. The molecule has 2 aromatic carbocycles. The van der Waals surface area contributed by atoms with Crippen LogP contribution in [0.2, 0.25) is 0 Å². The van der Waals surface area contributed by atoms with Gasteiger partial charge < -0.3 is 5.32 Å². The van der Waals surface area contributed by atoms with Gasteiger partial charge in [0, 0.05) is 7.05 Å². The molecule has 0 spiro atoms. The van der Waals surface area contributed by atoms with Gasteiger partial charge in [-0.3, -0.25) is 4.79 Å². The van der Waals surface area contributed by atoms with Crippen molar-refractivity contribution in [2.75, 3.05) is 13.2 Å². The molecule has 0 heterocycles. The van der Waals surface area contributed by atoms with E-state index in [-0.39, 0.29) is 5.91 Å². The molecule has 0 aromatic heterocycles. The second-order valence-corrected chi connectivity index (χ2v) is 6.14. The van der Waals surface area contributed by atoms with E-state index in [4.69, 9.17) is 0 Å². The molecule has 2 aromatic rings. The Labute approximate surface area is 109 Å². The molecule has 0 atom stereocenters. The first-order valence-electron chi connectivity index (χ1n) is 5.89. The van der Waals surface area contributed by atoms with E-state index < -0.39 is 7.92 Å². The zero-order chi connectivity index (χ0) is 12.8. The standard InChI is InChI=1S/C15H16NOP/c1-16-15(17)12-18(13-8-4-2-5-9-13)14-10-6-3-7-11-14/h2-11H,12H2,1H3,(H,16,17). The molecule has 92 valence electrons. The minimum atomic E-state index is -0.608. The van der Waals surface area contributed by atoms with E-state index in [0.29, 0.717) is 6.16 Å². The van der Waals surface area contributed by atoms with Crippen molar-refractivity contribution < 1.29 is 4.79 Å². The van der Waals surface area contributed by atoms with Gasteiger partial charge in [0.15, 0.2) is 0 Å². The molecule has 0 aliphatic heterocycles. The molecule has 18 heavy (non-hydrogen) atoms. The molecule has 0 aliphatic rings. The van der Waals surface area contributed by atoms with Crippen LogP contribution in [0.4, 0.5) is 0 Å². The highest BCUT2D eigenvalue weighted by atomic mass is 31.1. The molecule has 2 rings (SSSR count). The van der Waals surface area contributed by atoms with Crippen LogP contribution in [-0.4, -0.2) is 19.1 Å². The van der Waals surface area contributed by atoms with Gasteiger partial charge in [-0.2, -0.15) is 0 Å². The van der Waals surface area contributed by atoms with Gasteiger partial charge >= 0.3 is 0 Å². The van der Waals surface area contributed by atoms with Crippen LogP contribution in [0.1, 0.15) is 0 Å². The van der Waals surface area contributed by atoms with Gasteiger partial charge in [-0.05, 0) is 18.5 Å². The van der Waals surface area contributed by atoms with Crippen LogP contribution in [0.15, 0.2) is 60.7 Å². The Balaban J connectivity index is 2.32. The maximum absolute atomic E-state index is 11.7. The van der Waals surface area contributed by atoms with Gasteiger partial charge in [-0.1, -0.05) is 60.7 Å². The lowest BCUT2D eigenvalue weighted by Gasteiger charge is -2.17. The zero-order valence-electron chi connectivity index (χ0n) is 10.3. The molecule has 0 fully saturated rings. The van der Waals surface area contributed by atoms with Gasteiger partial charge in [0.25, 0.3) is 0 Å². The first kappa shape index (κ1) is 12.8. The molecule has 2 nitrogen and oxygen atoms in total. The van der Waals surface area contributed by atoms with Crippen molar-refractivity contribution in [2.45, 2.75) is 0 Å². The molecule has 0 aliphatic carbocycles. The van der Waals surface area contributed by atoms with Crippen molar-refractivity contribution in [3.8, 4) is 0 Å². The van der Waals surface area contributed by atoms with E-state index in [0.717, 1.165) is 0 Å². The maximum Gasteiger partial charge on any atom is 0.224 e. The predicted molar refractivity (Wildman–Crippen MR) is 78.0 cm³/mol. The number of carbonyl (C=O) groups is 1. The average molecular weight is 257 g/mol. The largest absolute Gasteiger partial charge is 0.359 e.